The summed E-state index contributed by atoms with van der Waals surface area (Å²) >= 11 is 1.42. The number of aromatic nitrogens is 2. The van der Waals surface area contributed by atoms with Gasteiger partial charge in [0.1, 0.15) is 16.4 Å². The number of hydrogen-bond donors (Lipinski definition) is 0. The molecule has 0 radical (unpaired) electrons. The summed E-state index contributed by atoms with van der Waals surface area (Å²) in [5.74, 6) is 0.213. The average molecular weight is 318 g/mol. The highest BCUT2D eigenvalue weighted by atomic mass is 32.1. The third kappa shape index (κ3) is 2.18. The second kappa shape index (κ2) is 5.19. The molecule has 0 atom stereocenters. The summed E-state index contributed by atoms with van der Waals surface area (Å²) in [7, 11) is 0. The van der Waals surface area contributed by atoms with Gasteiger partial charge in [0.2, 0.25) is 0 Å². The van der Waals surface area contributed by atoms with E-state index in [9.17, 15) is 9.18 Å². The van der Waals surface area contributed by atoms with Crippen molar-refractivity contribution in [1.82, 2.24) is 9.55 Å². The average Bonchev–Trinajstić information content (AvgIpc) is 2.99. The van der Waals surface area contributed by atoms with Gasteiger partial charge in [0, 0.05) is 11.1 Å². The first-order valence-corrected chi connectivity index (χ1v) is 7.55. The zero-order valence-electron chi connectivity index (χ0n) is 11.4. The number of nitrogens with zero attached hydrogens (tertiary/aromatic N) is 2. The quantitative estimate of drug-likeness (QED) is 0.728. The molecule has 1 aliphatic rings. The first kappa shape index (κ1) is 13.4. The maximum absolute atomic E-state index is 13.7. The number of halogens is 1. The molecule has 0 unspecified atom stereocenters. The van der Waals surface area contributed by atoms with Crippen LogP contribution >= 0.6 is 11.3 Å². The lowest BCUT2D eigenvalue weighted by molar-refractivity contribution is -0.0173. The van der Waals surface area contributed by atoms with E-state index in [0.717, 1.165) is 0 Å². The summed E-state index contributed by atoms with van der Waals surface area (Å²) in [4.78, 5) is 17.4. The SMILES string of the molecule is O=c1c2ccsc2ncn1Cc1cc(F)cc2c1OCOC2. The molecule has 0 N–H and O–H groups in total. The normalized spacial score (nSPS) is 13.9. The van der Waals surface area contributed by atoms with Gasteiger partial charge in [-0.2, -0.15) is 0 Å². The van der Waals surface area contributed by atoms with Crippen molar-refractivity contribution in [2.45, 2.75) is 13.2 Å². The van der Waals surface area contributed by atoms with Crippen LogP contribution in [-0.2, 0) is 17.9 Å². The van der Waals surface area contributed by atoms with Gasteiger partial charge in [-0.15, -0.1) is 11.3 Å². The Labute approximate surface area is 128 Å². The van der Waals surface area contributed by atoms with Crippen LogP contribution < -0.4 is 10.3 Å². The van der Waals surface area contributed by atoms with Gasteiger partial charge in [0.05, 0.1) is 24.9 Å². The Kier molecular flexibility index (Phi) is 3.16. The Morgan fingerprint density at radius 2 is 2.32 bits per heavy atom. The lowest BCUT2D eigenvalue weighted by Gasteiger charge is -2.21. The minimum atomic E-state index is -0.375. The molecule has 1 aliphatic heterocycles. The molecule has 2 aromatic heterocycles. The van der Waals surface area contributed by atoms with Crippen molar-refractivity contribution >= 4 is 21.6 Å². The molecule has 1 aromatic carbocycles. The molecule has 4 rings (SSSR count). The lowest BCUT2D eigenvalue weighted by Crippen LogP contribution is -2.22. The number of ether oxygens (including phenoxy) is 2. The van der Waals surface area contributed by atoms with Gasteiger partial charge in [-0.05, 0) is 23.6 Å². The minimum Gasteiger partial charge on any atom is -0.467 e. The van der Waals surface area contributed by atoms with E-state index in [1.165, 1.54) is 34.4 Å². The highest BCUT2D eigenvalue weighted by Gasteiger charge is 2.18. The largest absolute Gasteiger partial charge is 0.467 e. The Morgan fingerprint density at radius 3 is 3.23 bits per heavy atom. The Bertz CT molecular complexity index is 919. The predicted molar refractivity (Wildman–Crippen MR) is 79.7 cm³/mol. The molecule has 0 fully saturated rings. The maximum atomic E-state index is 13.7. The van der Waals surface area contributed by atoms with Gasteiger partial charge >= 0.3 is 0 Å². The Morgan fingerprint density at radius 1 is 1.41 bits per heavy atom. The summed E-state index contributed by atoms with van der Waals surface area (Å²) in [6.45, 7) is 0.636. The molecule has 22 heavy (non-hydrogen) atoms. The fraction of sp³-hybridized carbons (Fsp3) is 0.200. The first-order chi connectivity index (χ1) is 10.7. The fourth-order valence-electron chi connectivity index (χ4n) is 2.56. The van der Waals surface area contributed by atoms with Crippen LogP contribution in [0.1, 0.15) is 11.1 Å². The second-order valence-electron chi connectivity index (χ2n) is 4.98. The summed E-state index contributed by atoms with van der Waals surface area (Å²) in [5, 5.41) is 2.40. The van der Waals surface area contributed by atoms with Gasteiger partial charge in [0.25, 0.3) is 5.56 Å². The molecule has 0 aliphatic carbocycles. The van der Waals surface area contributed by atoms with E-state index in [2.05, 4.69) is 4.98 Å². The highest BCUT2D eigenvalue weighted by molar-refractivity contribution is 7.16. The molecule has 0 spiro atoms. The molecule has 5 nitrogen and oxygen atoms in total. The third-order valence-electron chi connectivity index (χ3n) is 3.54. The fourth-order valence-corrected chi connectivity index (χ4v) is 3.29. The molecule has 0 amide bonds. The van der Waals surface area contributed by atoms with Crippen molar-refractivity contribution < 1.29 is 13.9 Å². The van der Waals surface area contributed by atoms with E-state index in [4.69, 9.17) is 9.47 Å². The van der Waals surface area contributed by atoms with Gasteiger partial charge in [-0.3, -0.25) is 9.36 Å². The van der Waals surface area contributed by atoms with Crippen LogP contribution in [0.5, 0.6) is 5.75 Å². The topological polar surface area (TPSA) is 53.4 Å². The van der Waals surface area contributed by atoms with E-state index in [1.54, 1.807) is 6.07 Å². The van der Waals surface area contributed by atoms with Gasteiger partial charge in [-0.1, -0.05) is 0 Å². The van der Waals surface area contributed by atoms with Crippen molar-refractivity contribution in [2.24, 2.45) is 0 Å². The molecule has 7 heteroatoms. The monoisotopic (exact) mass is 318 g/mol. The van der Waals surface area contributed by atoms with Crippen molar-refractivity contribution in [1.29, 1.82) is 0 Å². The van der Waals surface area contributed by atoms with E-state index in [0.29, 0.717) is 33.7 Å². The van der Waals surface area contributed by atoms with Crippen LogP contribution in [0.15, 0.2) is 34.7 Å². The van der Waals surface area contributed by atoms with Crippen LogP contribution in [0.2, 0.25) is 0 Å². The third-order valence-corrected chi connectivity index (χ3v) is 4.36. The van der Waals surface area contributed by atoms with E-state index >= 15 is 0 Å². The predicted octanol–water partition coefficient (Wildman–Crippen LogP) is 2.51. The maximum Gasteiger partial charge on any atom is 0.262 e. The zero-order valence-corrected chi connectivity index (χ0v) is 12.2. The number of thiophene rings is 1. The van der Waals surface area contributed by atoms with Crippen molar-refractivity contribution in [3.8, 4) is 5.75 Å². The first-order valence-electron chi connectivity index (χ1n) is 6.67. The van der Waals surface area contributed by atoms with Gasteiger partial charge in [0.15, 0.2) is 6.79 Å². The van der Waals surface area contributed by atoms with Crippen LogP contribution in [0.25, 0.3) is 10.2 Å². The summed E-state index contributed by atoms with van der Waals surface area (Å²) in [5.41, 5.74) is 1.12. The van der Waals surface area contributed by atoms with E-state index in [1.807, 2.05) is 5.38 Å². The molecular weight excluding hydrogens is 307 g/mol. The molecule has 0 bridgehead atoms. The summed E-state index contributed by atoms with van der Waals surface area (Å²) in [6, 6.07) is 4.52. The number of benzene rings is 1. The summed E-state index contributed by atoms with van der Waals surface area (Å²) in [6.07, 6.45) is 1.48. The van der Waals surface area contributed by atoms with Crippen LogP contribution in [0.4, 0.5) is 4.39 Å². The van der Waals surface area contributed by atoms with Crippen LogP contribution in [0.3, 0.4) is 0 Å². The van der Waals surface area contributed by atoms with E-state index < -0.39 is 0 Å². The van der Waals surface area contributed by atoms with Crippen LogP contribution in [0, 0.1) is 5.82 Å². The Hall–Kier alpha value is -2.25. The smallest absolute Gasteiger partial charge is 0.262 e. The number of fused-ring (bicyclic) bond motifs is 2. The number of rotatable bonds is 2. The van der Waals surface area contributed by atoms with Crippen molar-refractivity contribution in [3.05, 3.63) is 57.2 Å². The molecule has 3 heterocycles. The molecule has 0 saturated carbocycles. The standard InChI is InChI=1S/C15H11FN2O3S/c16-11-3-9(13-10(4-11)6-20-8-21-13)5-18-7-17-14-12(15(18)19)1-2-22-14/h1-4,7H,5-6,8H2. The van der Waals surface area contributed by atoms with E-state index in [-0.39, 0.29) is 24.7 Å². The summed E-state index contributed by atoms with van der Waals surface area (Å²) < 4.78 is 25.8. The molecule has 3 aromatic rings. The van der Waals surface area contributed by atoms with Crippen LogP contribution in [-0.4, -0.2) is 16.3 Å². The number of hydrogen-bond acceptors (Lipinski definition) is 5. The molecule has 112 valence electrons. The van der Waals surface area contributed by atoms with Gasteiger partial charge in [-0.25, -0.2) is 9.37 Å². The zero-order chi connectivity index (χ0) is 15.1. The Balaban J connectivity index is 1.81. The second-order valence-corrected chi connectivity index (χ2v) is 5.88. The highest BCUT2D eigenvalue weighted by Crippen LogP contribution is 2.29. The van der Waals surface area contributed by atoms with Crippen molar-refractivity contribution in [2.75, 3.05) is 6.79 Å². The molecule has 0 saturated heterocycles. The van der Waals surface area contributed by atoms with Crippen molar-refractivity contribution in [3.63, 3.8) is 0 Å². The minimum absolute atomic E-state index is 0.127. The van der Waals surface area contributed by atoms with Gasteiger partial charge < -0.3 is 9.47 Å². The lowest BCUT2D eigenvalue weighted by atomic mass is 10.1. The molecular formula is C15H11FN2O3S.